The Bertz CT molecular complexity index is 1090. The number of nitrogens with zero attached hydrogens (tertiary/aromatic N) is 2. The maximum atomic E-state index is 11.9. The fourth-order valence-electron chi connectivity index (χ4n) is 4.19. The Morgan fingerprint density at radius 2 is 1.39 bits per heavy atom. The van der Waals surface area contributed by atoms with Gasteiger partial charge in [-0.25, -0.2) is 0 Å². The first-order valence-corrected chi connectivity index (χ1v) is 11.4. The van der Waals surface area contributed by atoms with Crippen LogP contribution in [0.2, 0.25) is 0 Å². The molecule has 0 radical (unpaired) electrons. The van der Waals surface area contributed by atoms with Crippen LogP contribution in [0.4, 0.5) is 0 Å². The van der Waals surface area contributed by atoms with Gasteiger partial charge in [-0.1, -0.05) is 78.9 Å². The molecule has 0 saturated carbocycles. The Balaban J connectivity index is 1.46. The number of para-hydroxylation sites is 1. The van der Waals surface area contributed by atoms with Crippen molar-refractivity contribution in [2.45, 2.75) is 18.6 Å². The van der Waals surface area contributed by atoms with E-state index in [0.717, 1.165) is 46.6 Å². The molecule has 0 bridgehead atoms. The molecule has 0 fully saturated rings. The average molecular weight is 443 g/mol. The van der Waals surface area contributed by atoms with Crippen LogP contribution in [-0.2, 0) is 12.1 Å². The fraction of sp³-hybridized carbons (Fsp3) is 0.250. The lowest BCUT2D eigenvalue weighted by Crippen LogP contribution is -2.40. The van der Waals surface area contributed by atoms with Gasteiger partial charge in [-0.15, -0.1) is 0 Å². The van der Waals surface area contributed by atoms with Crippen LogP contribution in [-0.4, -0.2) is 47.0 Å². The molecule has 0 amide bonds. The number of benzene rings is 3. The summed E-state index contributed by atoms with van der Waals surface area (Å²) in [6.07, 6.45) is 0.945. The minimum Gasteiger partial charge on any atom is -0.493 e. The van der Waals surface area contributed by atoms with Crippen LogP contribution in [0.25, 0.3) is 0 Å². The lowest BCUT2D eigenvalue weighted by molar-refractivity contribution is -0.904. The number of quaternary nitrogens is 1. The van der Waals surface area contributed by atoms with Gasteiger partial charge in [0.2, 0.25) is 0 Å². The molecular weight excluding hydrogens is 410 g/mol. The van der Waals surface area contributed by atoms with E-state index in [1.165, 1.54) is 0 Å². The third-order valence-electron chi connectivity index (χ3n) is 5.90. The van der Waals surface area contributed by atoms with E-state index in [0.29, 0.717) is 12.3 Å². The molecule has 170 valence electrons. The number of nitrogens with one attached hydrogen (secondary N) is 1. The van der Waals surface area contributed by atoms with E-state index in [9.17, 15) is 5.11 Å². The van der Waals surface area contributed by atoms with Gasteiger partial charge in [0.1, 0.15) is 18.0 Å². The lowest BCUT2D eigenvalue weighted by atomic mass is 9.83. The van der Waals surface area contributed by atoms with Gasteiger partial charge in [0.15, 0.2) is 5.60 Å². The largest absolute Gasteiger partial charge is 0.493 e. The summed E-state index contributed by atoms with van der Waals surface area (Å²) in [5.41, 5.74) is 1.85. The van der Waals surface area contributed by atoms with Crippen molar-refractivity contribution in [3.05, 3.63) is 120 Å². The molecule has 2 N–H and O–H groups in total. The summed E-state index contributed by atoms with van der Waals surface area (Å²) in [6.45, 7) is 2.42. The van der Waals surface area contributed by atoms with E-state index in [1.54, 1.807) is 0 Å². The number of aliphatic hydroxyl groups is 1. The highest BCUT2D eigenvalue weighted by molar-refractivity contribution is 5.44. The molecule has 0 saturated heterocycles. The van der Waals surface area contributed by atoms with Crippen molar-refractivity contribution in [3.63, 3.8) is 0 Å². The van der Waals surface area contributed by atoms with Gasteiger partial charge in [0, 0.05) is 6.42 Å². The van der Waals surface area contributed by atoms with E-state index in [2.05, 4.69) is 24.3 Å². The van der Waals surface area contributed by atoms with Crippen LogP contribution >= 0.6 is 0 Å². The third kappa shape index (κ3) is 5.51. The van der Waals surface area contributed by atoms with Crippen LogP contribution in [0, 0.1) is 0 Å². The number of hydrogen-bond acceptors (Lipinski definition) is 3. The molecule has 3 aromatic carbocycles. The highest BCUT2D eigenvalue weighted by Gasteiger charge is 2.36. The zero-order valence-corrected chi connectivity index (χ0v) is 19.3. The molecule has 0 unspecified atom stereocenters. The standard InChI is InChI=1S/C28H32N3O2/c1-31(2,19-12-20-33-26-17-10-5-11-18-26)22-25-21-27(30-29-25)28(32,23-13-6-3-7-14-23)24-15-8-4-9-16-24/h3-11,13-18,21,32H,12,19-20,22H2,1-2H3,(H,29,30)/q+1. The number of ether oxygens (including phenoxy) is 1. The Labute approximate surface area is 195 Å². The molecule has 0 atom stereocenters. The van der Waals surface area contributed by atoms with Crippen molar-refractivity contribution in [1.29, 1.82) is 0 Å². The third-order valence-corrected chi connectivity index (χ3v) is 5.90. The van der Waals surface area contributed by atoms with Gasteiger partial charge in [-0.3, -0.25) is 5.10 Å². The number of aromatic amines is 1. The monoisotopic (exact) mass is 442 g/mol. The Morgan fingerprint density at radius 3 is 1.97 bits per heavy atom. The summed E-state index contributed by atoms with van der Waals surface area (Å²) < 4.78 is 6.62. The topological polar surface area (TPSA) is 58.1 Å². The second-order valence-corrected chi connectivity index (χ2v) is 9.05. The first-order chi connectivity index (χ1) is 16.0. The van der Waals surface area contributed by atoms with Crippen molar-refractivity contribution in [2.24, 2.45) is 0 Å². The second-order valence-electron chi connectivity index (χ2n) is 9.05. The van der Waals surface area contributed by atoms with Crippen molar-refractivity contribution in [1.82, 2.24) is 10.2 Å². The predicted molar refractivity (Wildman–Crippen MR) is 131 cm³/mol. The smallest absolute Gasteiger partial charge is 0.159 e. The van der Waals surface area contributed by atoms with Crippen molar-refractivity contribution in [2.75, 3.05) is 27.2 Å². The number of H-pyrrole nitrogens is 1. The summed E-state index contributed by atoms with van der Waals surface area (Å²) in [7, 11) is 4.40. The summed E-state index contributed by atoms with van der Waals surface area (Å²) in [5, 5.41) is 19.6. The van der Waals surface area contributed by atoms with E-state index < -0.39 is 5.60 Å². The van der Waals surface area contributed by atoms with E-state index >= 15 is 0 Å². The maximum Gasteiger partial charge on any atom is 0.159 e. The maximum absolute atomic E-state index is 11.9. The highest BCUT2D eigenvalue weighted by Crippen LogP contribution is 2.35. The van der Waals surface area contributed by atoms with Gasteiger partial charge in [0.05, 0.1) is 32.9 Å². The Kier molecular flexibility index (Phi) is 6.92. The summed E-state index contributed by atoms with van der Waals surface area (Å²) in [5.74, 6) is 0.905. The molecule has 0 aliphatic heterocycles. The normalized spacial score (nSPS) is 12.0. The highest BCUT2D eigenvalue weighted by atomic mass is 16.5. The number of aromatic nitrogens is 2. The zero-order valence-electron chi connectivity index (χ0n) is 19.3. The van der Waals surface area contributed by atoms with Gasteiger partial charge in [0.25, 0.3) is 0 Å². The molecular formula is C28H32N3O2+. The molecule has 5 nitrogen and oxygen atoms in total. The molecule has 0 aliphatic rings. The van der Waals surface area contributed by atoms with Crippen molar-refractivity contribution < 1.29 is 14.3 Å². The molecule has 4 rings (SSSR count). The van der Waals surface area contributed by atoms with Gasteiger partial charge >= 0.3 is 0 Å². The van der Waals surface area contributed by atoms with Crippen molar-refractivity contribution in [3.8, 4) is 5.75 Å². The average Bonchev–Trinajstić information content (AvgIpc) is 3.31. The molecule has 0 spiro atoms. The summed E-state index contributed by atoms with van der Waals surface area (Å²) in [4.78, 5) is 0. The van der Waals surface area contributed by atoms with Gasteiger partial charge in [-0.05, 0) is 29.3 Å². The van der Waals surface area contributed by atoms with Gasteiger partial charge in [-0.2, -0.15) is 5.10 Å². The minimum absolute atomic E-state index is 0.599. The van der Waals surface area contributed by atoms with Crippen LogP contribution < -0.4 is 4.74 Å². The van der Waals surface area contributed by atoms with E-state index in [4.69, 9.17) is 4.74 Å². The van der Waals surface area contributed by atoms with E-state index in [1.807, 2.05) is 97.1 Å². The first kappa shape index (κ1) is 22.8. The molecule has 1 aromatic heterocycles. The molecule has 4 aromatic rings. The van der Waals surface area contributed by atoms with Crippen LogP contribution in [0.5, 0.6) is 5.75 Å². The zero-order chi connectivity index (χ0) is 23.2. The Morgan fingerprint density at radius 1 is 0.848 bits per heavy atom. The quantitative estimate of drug-likeness (QED) is 0.276. The van der Waals surface area contributed by atoms with Crippen molar-refractivity contribution >= 4 is 0 Å². The molecule has 1 heterocycles. The van der Waals surface area contributed by atoms with Crippen LogP contribution in [0.3, 0.4) is 0 Å². The first-order valence-electron chi connectivity index (χ1n) is 11.4. The second kappa shape index (κ2) is 10.0. The summed E-state index contributed by atoms with van der Waals surface area (Å²) >= 11 is 0. The van der Waals surface area contributed by atoms with Crippen LogP contribution in [0.1, 0.15) is 28.9 Å². The summed E-state index contributed by atoms with van der Waals surface area (Å²) in [6, 6.07) is 31.3. The van der Waals surface area contributed by atoms with E-state index in [-0.39, 0.29) is 0 Å². The fourth-order valence-corrected chi connectivity index (χ4v) is 4.19. The minimum atomic E-state index is -1.32. The SMILES string of the molecule is C[N+](C)(CCCOc1ccccc1)Cc1cc(C(O)(c2ccccc2)c2ccccc2)n[nH]1. The van der Waals surface area contributed by atoms with Gasteiger partial charge < -0.3 is 14.3 Å². The number of hydrogen-bond donors (Lipinski definition) is 2. The number of rotatable bonds is 10. The molecule has 0 aliphatic carbocycles. The molecule has 33 heavy (non-hydrogen) atoms. The lowest BCUT2D eigenvalue weighted by Gasteiger charge is -2.29. The molecule has 5 heteroatoms. The van der Waals surface area contributed by atoms with Crippen LogP contribution in [0.15, 0.2) is 97.1 Å². The Hall–Kier alpha value is -3.41. The predicted octanol–water partition coefficient (Wildman–Crippen LogP) is 4.74.